The van der Waals surface area contributed by atoms with Gasteiger partial charge in [0, 0.05) is 38.3 Å². The number of rotatable bonds is 4. The second-order valence-corrected chi connectivity index (χ2v) is 6.23. The summed E-state index contributed by atoms with van der Waals surface area (Å²) in [6.07, 6.45) is 1.19. The molecule has 16 heavy (non-hydrogen) atoms. The van der Waals surface area contributed by atoms with Crippen molar-refractivity contribution in [2.75, 3.05) is 32.4 Å². The SMILES string of the molecule is CC1CN(CCNS(C)(=O)=O)CC(C)N1.Cl. The fraction of sp³-hybridized carbons (Fsp3) is 1.00. The van der Waals surface area contributed by atoms with Crippen molar-refractivity contribution in [3.63, 3.8) is 0 Å². The number of piperazine rings is 1. The Kier molecular flexibility index (Phi) is 6.81. The monoisotopic (exact) mass is 271 g/mol. The molecule has 0 aromatic carbocycles. The molecule has 2 N–H and O–H groups in total. The number of halogens is 1. The van der Waals surface area contributed by atoms with Crippen LogP contribution in [-0.2, 0) is 10.0 Å². The Bertz CT molecular complexity index is 287. The van der Waals surface area contributed by atoms with Gasteiger partial charge in [-0.15, -0.1) is 12.4 Å². The third kappa shape index (κ3) is 6.65. The van der Waals surface area contributed by atoms with Crippen molar-refractivity contribution in [2.45, 2.75) is 25.9 Å². The molecule has 0 aromatic heterocycles. The summed E-state index contributed by atoms with van der Waals surface area (Å²) in [7, 11) is -3.04. The van der Waals surface area contributed by atoms with Crippen LogP contribution in [0.4, 0.5) is 0 Å². The number of sulfonamides is 1. The van der Waals surface area contributed by atoms with Gasteiger partial charge in [-0.2, -0.15) is 0 Å². The lowest BCUT2D eigenvalue weighted by molar-refractivity contribution is 0.176. The van der Waals surface area contributed by atoms with Crippen LogP contribution in [0.1, 0.15) is 13.8 Å². The molecule has 0 aromatic rings. The first-order chi connectivity index (χ1) is 6.87. The van der Waals surface area contributed by atoms with Crippen LogP contribution in [0.2, 0.25) is 0 Å². The fourth-order valence-electron chi connectivity index (χ4n) is 2.01. The molecule has 1 heterocycles. The van der Waals surface area contributed by atoms with Crippen molar-refractivity contribution in [1.82, 2.24) is 14.9 Å². The van der Waals surface area contributed by atoms with Gasteiger partial charge in [-0.25, -0.2) is 13.1 Å². The van der Waals surface area contributed by atoms with Crippen LogP contribution < -0.4 is 10.0 Å². The summed E-state index contributed by atoms with van der Waals surface area (Å²) in [5.74, 6) is 0. The van der Waals surface area contributed by atoms with E-state index in [2.05, 4.69) is 28.8 Å². The highest BCUT2D eigenvalue weighted by atomic mass is 35.5. The van der Waals surface area contributed by atoms with Crippen LogP contribution in [0, 0.1) is 0 Å². The van der Waals surface area contributed by atoms with Gasteiger partial charge in [0.1, 0.15) is 0 Å². The Morgan fingerprint density at radius 3 is 2.25 bits per heavy atom. The molecule has 0 radical (unpaired) electrons. The summed E-state index contributed by atoms with van der Waals surface area (Å²) in [4.78, 5) is 2.28. The molecule has 2 atom stereocenters. The molecule has 1 rings (SSSR count). The molecule has 5 nitrogen and oxygen atoms in total. The van der Waals surface area contributed by atoms with Crippen molar-refractivity contribution in [2.24, 2.45) is 0 Å². The normalized spacial score (nSPS) is 27.4. The number of hydrogen-bond donors (Lipinski definition) is 2. The number of nitrogens with one attached hydrogen (secondary N) is 2. The maximum atomic E-state index is 10.9. The Hall–Kier alpha value is 0.120. The number of hydrogen-bond acceptors (Lipinski definition) is 4. The van der Waals surface area contributed by atoms with Crippen LogP contribution in [0.5, 0.6) is 0 Å². The van der Waals surface area contributed by atoms with E-state index in [1.54, 1.807) is 0 Å². The summed E-state index contributed by atoms with van der Waals surface area (Å²) in [6, 6.07) is 0.957. The van der Waals surface area contributed by atoms with Crippen LogP contribution in [0.25, 0.3) is 0 Å². The zero-order chi connectivity index (χ0) is 11.5. The highest BCUT2D eigenvalue weighted by Crippen LogP contribution is 2.02. The van der Waals surface area contributed by atoms with E-state index in [0.29, 0.717) is 18.6 Å². The lowest BCUT2D eigenvalue weighted by atomic mass is 10.1. The molecular formula is C9H22ClN3O2S. The molecule has 0 aliphatic carbocycles. The van der Waals surface area contributed by atoms with E-state index in [1.807, 2.05) is 0 Å². The first-order valence-corrected chi connectivity index (χ1v) is 7.19. The van der Waals surface area contributed by atoms with Gasteiger partial charge in [0.25, 0.3) is 0 Å². The van der Waals surface area contributed by atoms with Gasteiger partial charge in [-0.1, -0.05) is 0 Å². The lowest BCUT2D eigenvalue weighted by Crippen LogP contribution is -2.55. The minimum atomic E-state index is -3.04. The van der Waals surface area contributed by atoms with Crippen molar-refractivity contribution < 1.29 is 8.42 Å². The minimum Gasteiger partial charge on any atom is -0.309 e. The molecular weight excluding hydrogens is 250 g/mol. The molecule has 1 aliphatic rings. The molecule has 98 valence electrons. The largest absolute Gasteiger partial charge is 0.309 e. The van der Waals surface area contributed by atoms with Gasteiger partial charge < -0.3 is 5.32 Å². The summed E-state index contributed by atoms with van der Waals surface area (Å²) in [5, 5.41) is 3.44. The second-order valence-electron chi connectivity index (χ2n) is 4.39. The molecule has 0 saturated carbocycles. The molecule has 1 aliphatic heterocycles. The van der Waals surface area contributed by atoms with Crippen molar-refractivity contribution >= 4 is 22.4 Å². The summed E-state index contributed by atoms with van der Waals surface area (Å²) < 4.78 is 24.2. The van der Waals surface area contributed by atoms with Crippen molar-refractivity contribution in [1.29, 1.82) is 0 Å². The van der Waals surface area contributed by atoms with Crippen LogP contribution in [0.15, 0.2) is 0 Å². The van der Waals surface area contributed by atoms with Crippen LogP contribution >= 0.6 is 12.4 Å². The second kappa shape index (κ2) is 6.76. The zero-order valence-electron chi connectivity index (χ0n) is 10.1. The van der Waals surface area contributed by atoms with Gasteiger partial charge in [-0.05, 0) is 13.8 Å². The Labute approximate surface area is 104 Å². The predicted molar refractivity (Wildman–Crippen MR) is 68.6 cm³/mol. The predicted octanol–water partition coefficient (Wildman–Crippen LogP) is -0.360. The van der Waals surface area contributed by atoms with E-state index < -0.39 is 10.0 Å². The van der Waals surface area contributed by atoms with E-state index in [9.17, 15) is 8.42 Å². The smallest absolute Gasteiger partial charge is 0.208 e. The molecule has 0 amide bonds. The fourth-order valence-corrected chi connectivity index (χ4v) is 2.47. The average molecular weight is 272 g/mol. The Morgan fingerprint density at radius 1 is 1.31 bits per heavy atom. The molecule has 0 spiro atoms. The number of nitrogens with zero attached hydrogens (tertiary/aromatic N) is 1. The van der Waals surface area contributed by atoms with Crippen LogP contribution in [0.3, 0.4) is 0 Å². The van der Waals surface area contributed by atoms with E-state index >= 15 is 0 Å². The third-order valence-corrected chi connectivity index (χ3v) is 3.15. The highest BCUT2D eigenvalue weighted by Gasteiger charge is 2.20. The van der Waals surface area contributed by atoms with E-state index in [-0.39, 0.29) is 12.4 Å². The molecule has 0 bridgehead atoms. The first-order valence-electron chi connectivity index (χ1n) is 5.30. The van der Waals surface area contributed by atoms with E-state index in [1.165, 1.54) is 6.26 Å². The molecule has 1 saturated heterocycles. The zero-order valence-corrected chi connectivity index (χ0v) is 11.7. The van der Waals surface area contributed by atoms with E-state index in [0.717, 1.165) is 19.6 Å². The van der Waals surface area contributed by atoms with Gasteiger partial charge >= 0.3 is 0 Å². The minimum absolute atomic E-state index is 0. The quantitative estimate of drug-likeness (QED) is 0.733. The van der Waals surface area contributed by atoms with Gasteiger partial charge in [0.05, 0.1) is 6.26 Å². The van der Waals surface area contributed by atoms with E-state index in [4.69, 9.17) is 0 Å². The van der Waals surface area contributed by atoms with Crippen LogP contribution in [-0.4, -0.2) is 57.8 Å². The summed E-state index contributed by atoms with van der Waals surface area (Å²) >= 11 is 0. The standard InChI is InChI=1S/C9H21N3O2S.ClH/c1-8-6-12(7-9(2)11-8)5-4-10-15(3,13)14;/h8-11H,4-7H2,1-3H3;1H. The third-order valence-electron chi connectivity index (χ3n) is 2.43. The summed E-state index contributed by atoms with van der Waals surface area (Å²) in [6.45, 7) is 7.53. The van der Waals surface area contributed by atoms with Gasteiger partial charge in [-0.3, -0.25) is 4.90 Å². The Balaban J connectivity index is 0.00000225. The Morgan fingerprint density at radius 2 is 1.81 bits per heavy atom. The highest BCUT2D eigenvalue weighted by molar-refractivity contribution is 7.88. The molecule has 1 fully saturated rings. The molecule has 7 heteroatoms. The van der Waals surface area contributed by atoms with Gasteiger partial charge in [0.2, 0.25) is 10.0 Å². The van der Waals surface area contributed by atoms with Crippen molar-refractivity contribution in [3.8, 4) is 0 Å². The maximum Gasteiger partial charge on any atom is 0.208 e. The average Bonchev–Trinajstić information content (AvgIpc) is 1.99. The maximum absolute atomic E-state index is 10.9. The first kappa shape index (κ1) is 16.1. The lowest BCUT2D eigenvalue weighted by Gasteiger charge is -2.36. The topological polar surface area (TPSA) is 61.4 Å². The van der Waals surface area contributed by atoms with Crippen molar-refractivity contribution in [3.05, 3.63) is 0 Å². The summed E-state index contributed by atoms with van der Waals surface area (Å²) in [5.41, 5.74) is 0. The molecule has 2 unspecified atom stereocenters. The van der Waals surface area contributed by atoms with Gasteiger partial charge in [0.15, 0.2) is 0 Å².